The van der Waals surface area contributed by atoms with Crippen LogP contribution in [0.4, 0.5) is 5.69 Å². The van der Waals surface area contributed by atoms with Crippen molar-refractivity contribution in [1.29, 1.82) is 5.26 Å². The van der Waals surface area contributed by atoms with E-state index >= 15 is 0 Å². The van der Waals surface area contributed by atoms with Gasteiger partial charge in [-0.3, -0.25) is 0 Å². The van der Waals surface area contributed by atoms with Crippen molar-refractivity contribution in [1.82, 2.24) is 0 Å². The summed E-state index contributed by atoms with van der Waals surface area (Å²) in [6.45, 7) is 1.52. The lowest BCUT2D eigenvalue weighted by molar-refractivity contribution is 0.195. The quantitative estimate of drug-likeness (QED) is 0.895. The van der Waals surface area contributed by atoms with Crippen LogP contribution in [0, 0.1) is 11.3 Å². The van der Waals surface area contributed by atoms with Gasteiger partial charge in [-0.25, -0.2) is 0 Å². The molecule has 1 saturated heterocycles. The fraction of sp³-hybridized carbons (Fsp3) is 0.364. The molecule has 0 bridgehead atoms. The van der Waals surface area contributed by atoms with E-state index in [0.29, 0.717) is 11.6 Å². The van der Waals surface area contributed by atoms with Crippen LogP contribution >= 0.6 is 15.9 Å². The van der Waals surface area contributed by atoms with Crippen LogP contribution in [0.1, 0.15) is 12.0 Å². The highest BCUT2D eigenvalue weighted by Crippen LogP contribution is 2.22. The van der Waals surface area contributed by atoms with Crippen molar-refractivity contribution in [2.24, 2.45) is 0 Å². The Morgan fingerprint density at radius 2 is 2.40 bits per heavy atom. The fourth-order valence-electron chi connectivity index (χ4n) is 1.60. The molecule has 0 spiro atoms. The van der Waals surface area contributed by atoms with E-state index in [-0.39, 0.29) is 0 Å². The molecule has 0 saturated carbocycles. The standard InChI is InChI=1S/C11H11BrN2O/c12-9-2-1-8(6-13)11(5-9)14-10-3-4-15-7-10/h1-2,5,10,14H,3-4,7H2/t10-/m0/s1. The summed E-state index contributed by atoms with van der Waals surface area (Å²) in [5.74, 6) is 0. The van der Waals surface area contributed by atoms with Gasteiger partial charge in [-0.05, 0) is 24.6 Å². The predicted molar refractivity (Wildman–Crippen MR) is 61.7 cm³/mol. The Morgan fingerprint density at radius 3 is 3.07 bits per heavy atom. The summed E-state index contributed by atoms with van der Waals surface area (Å²) in [6.07, 6.45) is 0.997. The Hall–Kier alpha value is -1.05. The summed E-state index contributed by atoms with van der Waals surface area (Å²) in [5, 5.41) is 12.3. The van der Waals surface area contributed by atoms with Gasteiger partial charge in [-0.1, -0.05) is 15.9 Å². The number of ether oxygens (including phenoxy) is 1. The summed E-state index contributed by atoms with van der Waals surface area (Å²) >= 11 is 3.39. The molecular formula is C11H11BrN2O. The van der Waals surface area contributed by atoms with Crippen LogP contribution in [0.3, 0.4) is 0 Å². The van der Waals surface area contributed by atoms with Gasteiger partial charge in [0, 0.05) is 11.1 Å². The monoisotopic (exact) mass is 266 g/mol. The third kappa shape index (κ3) is 2.49. The topological polar surface area (TPSA) is 45.0 Å². The second-order valence-corrected chi connectivity index (χ2v) is 4.42. The molecule has 1 aromatic carbocycles. The Bertz CT molecular complexity index is 394. The number of halogens is 1. The molecule has 0 aromatic heterocycles. The van der Waals surface area contributed by atoms with Gasteiger partial charge in [0.25, 0.3) is 0 Å². The minimum atomic E-state index is 0.325. The van der Waals surface area contributed by atoms with E-state index < -0.39 is 0 Å². The zero-order valence-corrected chi connectivity index (χ0v) is 9.75. The number of nitrogens with one attached hydrogen (secondary N) is 1. The molecule has 0 unspecified atom stereocenters. The summed E-state index contributed by atoms with van der Waals surface area (Å²) in [7, 11) is 0. The van der Waals surface area contributed by atoms with Crippen LogP contribution in [0.2, 0.25) is 0 Å². The van der Waals surface area contributed by atoms with E-state index in [9.17, 15) is 0 Å². The number of hydrogen-bond acceptors (Lipinski definition) is 3. The highest BCUT2D eigenvalue weighted by molar-refractivity contribution is 9.10. The molecule has 1 aliphatic heterocycles. The van der Waals surface area contributed by atoms with Crippen molar-refractivity contribution in [2.75, 3.05) is 18.5 Å². The summed E-state index contributed by atoms with van der Waals surface area (Å²) < 4.78 is 6.25. The fourth-order valence-corrected chi connectivity index (χ4v) is 1.96. The minimum absolute atomic E-state index is 0.325. The Balaban J connectivity index is 2.18. The van der Waals surface area contributed by atoms with Gasteiger partial charge in [0.05, 0.1) is 23.9 Å². The van der Waals surface area contributed by atoms with Gasteiger partial charge in [0.1, 0.15) is 6.07 Å². The second-order valence-electron chi connectivity index (χ2n) is 3.51. The summed E-state index contributed by atoms with van der Waals surface area (Å²) in [4.78, 5) is 0. The van der Waals surface area contributed by atoms with Gasteiger partial charge >= 0.3 is 0 Å². The number of nitrogens with zero attached hydrogens (tertiary/aromatic N) is 1. The van der Waals surface area contributed by atoms with Crippen molar-refractivity contribution < 1.29 is 4.74 Å². The average molecular weight is 267 g/mol. The Kier molecular flexibility index (Phi) is 3.24. The molecule has 4 heteroatoms. The zero-order valence-electron chi connectivity index (χ0n) is 8.16. The van der Waals surface area contributed by atoms with Crippen molar-refractivity contribution in [3.8, 4) is 6.07 Å². The number of rotatable bonds is 2. The molecule has 1 fully saturated rings. The molecule has 2 rings (SSSR count). The van der Waals surface area contributed by atoms with E-state index in [2.05, 4.69) is 27.3 Å². The first-order valence-electron chi connectivity index (χ1n) is 4.83. The Morgan fingerprint density at radius 1 is 1.53 bits per heavy atom. The van der Waals surface area contributed by atoms with Gasteiger partial charge < -0.3 is 10.1 Å². The molecule has 1 aromatic rings. The number of anilines is 1. The summed E-state index contributed by atoms with van der Waals surface area (Å²) in [5.41, 5.74) is 1.55. The molecular weight excluding hydrogens is 256 g/mol. The Labute approximate surface area is 97.2 Å². The van der Waals surface area contributed by atoms with E-state index in [1.54, 1.807) is 0 Å². The largest absolute Gasteiger partial charge is 0.379 e. The SMILES string of the molecule is N#Cc1ccc(Br)cc1N[C@H]1CCOC1. The van der Waals surface area contributed by atoms with E-state index in [0.717, 1.165) is 29.8 Å². The first-order chi connectivity index (χ1) is 7.29. The highest BCUT2D eigenvalue weighted by Gasteiger charge is 2.16. The van der Waals surface area contributed by atoms with E-state index in [1.807, 2.05) is 18.2 Å². The van der Waals surface area contributed by atoms with E-state index in [4.69, 9.17) is 10.00 Å². The normalized spacial score (nSPS) is 19.9. The van der Waals surface area contributed by atoms with Gasteiger partial charge in [0.2, 0.25) is 0 Å². The first-order valence-corrected chi connectivity index (χ1v) is 5.63. The lowest BCUT2D eigenvalue weighted by Crippen LogP contribution is -2.19. The first kappa shape index (κ1) is 10.5. The molecule has 3 nitrogen and oxygen atoms in total. The third-order valence-electron chi connectivity index (χ3n) is 2.39. The third-order valence-corrected chi connectivity index (χ3v) is 2.88. The average Bonchev–Trinajstić information content (AvgIpc) is 2.71. The number of benzene rings is 1. The van der Waals surface area contributed by atoms with Crippen LogP contribution in [-0.4, -0.2) is 19.3 Å². The number of nitriles is 1. The molecule has 1 heterocycles. The van der Waals surface area contributed by atoms with Crippen LogP contribution in [-0.2, 0) is 4.74 Å². The maximum Gasteiger partial charge on any atom is 0.101 e. The maximum absolute atomic E-state index is 8.95. The zero-order chi connectivity index (χ0) is 10.7. The maximum atomic E-state index is 8.95. The molecule has 0 amide bonds. The minimum Gasteiger partial charge on any atom is -0.379 e. The van der Waals surface area contributed by atoms with Crippen molar-refractivity contribution in [3.63, 3.8) is 0 Å². The molecule has 15 heavy (non-hydrogen) atoms. The van der Waals surface area contributed by atoms with Crippen LogP contribution in [0.5, 0.6) is 0 Å². The predicted octanol–water partition coefficient (Wildman–Crippen LogP) is 2.52. The van der Waals surface area contributed by atoms with Crippen LogP contribution < -0.4 is 5.32 Å². The second kappa shape index (κ2) is 4.65. The smallest absolute Gasteiger partial charge is 0.101 e. The summed E-state index contributed by atoms with van der Waals surface area (Å²) in [6, 6.07) is 8.10. The van der Waals surface area contributed by atoms with Crippen molar-refractivity contribution >= 4 is 21.6 Å². The van der Waals surface area contributed by atoms with Gasteiger partial charge in [-0.15, -0.1) is 0 Å². The molecule has 0 radical (unpaired) electrons. The lowest BCUT2D eigenvalue weighted by atomic mass is 10.1. The molecule has 1 N–H and O–H groups in total. The number of hydrogen-bond donors (Lipinski definition) is 1. The van der Waals surface area contributed by atoms with Gasteiger partial charge in [-0.2, -0.15) is 5.26 Å². The molecule has 1 atom stereocenters. The molecule has 1 aliphatic rings. The van der Waals surface area contributed by atoms with Crippen LogP contribution in [0.15, 0.2) is 22.7 Å². The van der Waals surface area contributed by atoms with E-state index in [1.165, 1.54) is 0 Å². The molecule has 78 valence electrons. The van der Waals surface area contributed by atoms with Crippen LogP contribution in [0.25, 0.3) is 0 Å². The molecule has 0 aliphatic carbocycles. The van der Waals surface area contributed by atoms with Crippen molar-refractivity contribution in [3.05, 3.63) is 28.2 Å². The highest BCUT2D eigenvalue weighted by atomic mass is 79.9. The lowest BCUT2D eigenvalue weighted by Gasteiger charge is -2.13. The van der Waals surface area contributed by atoms with Gasteiger partial charge in [0.15, 0.2) is 0 Å². The van der Waals surface area contributed by atoms with Crippen molar-refractivity contribution in [2.45, 2.75) is 12.5 Å².